The van der Waals surface area contributed by atoms with Crippen LogP contribution in [-0.4, -0.2) is 40.9 Å². The van der Waals surface area contributed by atoms with Gasteiger partial charge in [0.2, 0.25) is 5.91 Å². The van der Waals surface area contributed by atoms with Gasteiger partial charge in [0.15, 0.2) is 0 Å². The molecule has 1 heterocycles. The van der Waals surface area contributed by atoms with Crippen molar-refractivity contribution in [2.75, 3.05) is 19.7 Å². The second-order valence-corrected chi connectivity index (χ2v) is 5.80. The monoisotopic (exact) mass is 279 g/mol. The maximum absolute atomic E-state index is 12.3. The van der Waals surface area contributed by atoms with Gasteiger partial charge in [0.05, 0.1) is 5.25 Å². The largest absolute Gasteiger partial charge is 0.396 e. The smallest absolute Gasteiger partial charge is 0.235 e. The number of nitrogens with zero attached hydrogens (tertiary/aromatic N) is 1. The van der Waals surface area contributed by atoms with Crippen LogP contribution in [0.2, 0.25) is 0 Å². The summed E-state index contributed by atoms with van der Waals surface area (Å²) in [6.07, 6.45) is 2.64. The van der Waals surface area contributed by atoms with Crippen molar-refractivity contribution in [1.29, 1.82) is 0 Å². The lowest BCUT2D eigenvalue weighted by atomic mass is 9.98. The molecule has 1 aliphatic heterocycles. The predicted molar refractivity (Wildman–Crippen MR) is 79.3 cm³/mol. The van der Waals surface area contributed by atoms with Crippen LogP contribution in [0.25, 0.3) is 0 Å². The van der Waals surface area contributed by atoms with Gasteiger partial charge < -0.3 is 10.0 Å². The van der Waals surface area contributed by atoms with Crippen molar-refractivity contribution in [2.24, 2.45) is 5.92 Å². The molecule has 0 aliphatic carbocycles. The van der Waals surface area contributed by atoms with Crippen molar-refractivity contribution in [1.82, 2.24) is 4.90 Å². The minimum atomic E-state index is -0.292. The molecule has 0 radical (unpaired) electrons. The summed E-state index contributed by atoms with van der Waals surface area (Å²) in [4.78, 5) is 14.2. The van der Waals surface area contributed by atoms with E-state index in [9.17, 15) is 9.90 Å². The number of carbonyl (C=O) groups excluding carboxylic acids is 1. The fourth-order valence-electron chi connectivity index (χ4n) is 2.55. The number of benzene rings is 1. The average molecular weight is 279 g/mol. The minimum absolute atomic E-state index is 0.0883. The molecule has 2 unspecified atom stereocenters. The van der Waals surface area contributed by atoms with Crippen molar-refractivity contribution in [3.63, 3.8) is 0 Å². The van der Waals surface area contributed by atoms with Crippen LogP contribution >= 0.6 is 12.6 Å². The van der Waals surface area contributed by atoms with Gasteiger partial charge in [-0.1, -0.05) is 30.3 Å². The first-order chi connectivity index (χ1) is 9.20. The first-order valence-corrected chi connectivity index (χ1v) is 7.34. The van der Waals surface area contributed by atoms with Gasteiger partial charge in [0, 0.05) is 19.7 Å². The van der Waals surface area contributed by atoms with E-state index in [2.05, 4.69) is 12.6 Å². The molecule has 1 N–H and O–H groups in total. The van der Waals surface area contributed by atoms with Gasteiger partial charge in [0.1, 0.15) is 0 Å². The maximum Gasteiger partial charge on any atom is 0.235 e. The molecule has 2 rings (SSSR count). The number of piperidine rings is 1. The first-order valence-electron chi connectivity index (χ1n) is 6.82. The Labute approximate surface area is 120 Å². The molecule has 1 saturated heterocycles. The summed E-state index contributed by atoms with van der Waals surface area (Å²) in [6, 6.07) is 9.95. The SMILES string of the molecule is O=C(C(S)Cc1ccccc1)N1CCCC(CO)C1. The molecule has 0 spiro atoms. The fourth-order valence-corrected chi connectivity index (χ4v) is 2.92. The number of amides is 1. The zero-order chi connectivity index (χ0) is 13.7. The number of hydrogen-bond acceptors (Lipinski definition) is 3. The molecule has 19 heavy (non-hydrogen) atoms. The third-order valence-electron chi connectivity index (χ3n) is 3.65. The number of hydrogen-bond donors (Lipinski definition) is 2. The van der Waals surface area contributed by atoms with Crippen LogP contribution in [0.4, 0.5) is 0 Å². The van der Waals surface area contributed by atoms with Gasteiger partial charge >= 0.3 is 0 Å². The molecule has 1 fully saturated rings. The van der Waals surface area contributed by atoms with E-state index in [0.717, 1.165) is 24.9 Å². The number of aliphatic hydroxyl groups is 1. The van der Waals surface area contributed by atoms with Gasteiger partial charge in [-0.05, 0) is 30.7 Å². The Kier molecular flexibility index (Phi) is 5.28. The number of rotatable bonds is 4. The van der Waals surface area contributed by atoms with E-state index in [4.69, 9.17) is 0 Å². The molecular formula is C15H21NO2S. The molecule has 1 aromatic carbocycles. The van der Waals surface area contributed by atoms with E-state index in [1.807, 2.05) is 35.2 Å². The Bertz CT molecular complexity index is 410. The third kappa shape index (κ3) is 3.98. The normalized spacial score (nSPS) is 21.2. The standard InChI is InChI=1S/C15H21NO2S/c17-11-13-7-4-8-16(10-13)15(18)14(19)9-12-5-2-1-3-6-12/h1-3,5-6,13-14,17,19H,4,7-11H2. The zero-order valence-electron chi connectivity index (χ0n) is 11.0. The number of aliphatic hydroxyl groups excluding tert-OH is 1. The van der Waals surface area contributed by atoms with Gasteiger partial charge in [-0.25, -0.2) is 0 Å². The Balaban J connectivity index is 1.91. The summed E-state index contributed by atoms with van der Waals surface area (Å²) in [5.41, 5.74) is 1.13. The van der Waals surface area contributed by atoms with E-state index < -0.39 is 0 Å². The Hall–Kier alpha value is -1.00. The van der Waals surface area contributed by atoms with Gasteiger partial charge in [-0.15, -0.1) is 0 Å². The fraction of sp³-hybridized carbons (Fsp3) is 0.533. The highest BCUT2D eigenvalue weighted by Crippen LogP contribution is 2.19. The van der Waals surface area contributed by atoms with Crippen molar-refractivity contribution in [2.45, 2.75) is 24.5 Å². The minimum Gasteiger partial charge on any atom is -0.396 e. The lowest BCUT2D eigenvalue weighted by Gasteiger charge is -2.33. The Morgan fingerprint density at radius 3 is 2.84 bits per heavy atom. The molecule has 4 heteroatoms. The molecular weight excluding hydrogens is 258 g/mol. The van der Waals surface area contributed by atoms with Crippen molar-refractivity contribution in [3.8, 4) is 0 Å². The first kappa shape index (κ1) is 14.4. The summed E-state index contributed by atoms with van der Waals surface area (Å²) in [5.74, 6) is 0.320. The van der Waals surface area contributed by atoms with Gasteiger partial charge in [-0.2, -0.15) is 12.6 Å². The van der Waals surface area contributed by atoms with Crippen molar-refractivity contribution < 1.29 is 9.90 Å². The number of likely N-dealkylation sites (tertiary alicyclic amines) is 1. The topological polar surface area (TPSA) is 40.5 Å². The molecule has 1 amide bonds. The van der Waals surface area contributed by atoms with Crippen LogP contribution in [0.3, 0.4) is 0 Å². The van der Waals surface area contributed by atoms with Crippen molar-refractivity contribution >= 4 is 18.5 Å². The Morgan fingerprint density at radius 1 is 1.42 bits per heavy atom. The van der Waals surface area contributed by atoms with E-state index in [0.29, 0.717) is 13.0 Å². The predicted octanol–water partition coefficient (Wildman–Crippen LogP) is 1.76. The molecule has 1 aliphatic rings. The third-order valence-corrected chi connectivity index (χ3v) is 4.05. The highest BCUT2D eigenvalue weighted by molar-refractivity contribution is 7.81. The molecule has 1 aromatic rings. The van der Waals surface area contributed by atoms with Gasteiger partial charge in [-0.3, -0.25) is 4.79 Å². The van der Waals surface area contributed by atoms with E-state index >= 15 is 0 Å². The highest BCUT2D eigenvalue weighted by Gasteiger charge is 2.26. The summed E-state index contributed by atoms with van der Waals surface area (Å²) in [5, 5.41) is 8.92. The number of carbonyl (C=O) groups is 1. The van der Waals surface area contributed by atoms with E-state index in [-0.39, 0.29) is 23.7 Å². The summed E-state index contributed by atoms with van der Waals surface area (Å²) < 4.78 is 0. The summed E-state index contributed by atoms with van der Waals surface area (Å²) in [7, 11) is 0. The van der Waals surface area contributed by atoms with Gasteiger partial charge in [0.25, 0.3) is 0 Å². The van der Waals surface area contributed by atoms with Crippen LogP contribution in [0.5, 0.6) is 0 Å². The van der Waals surface area contributed by atoms with E-state index in [1.54, 1.807) is 0 Å². The zero-order valence-corrected chi connectivity index (χ0v) is 11.9. The lowest BCUT2D eigenvalue weighted by molar-refractivity contribution is -0.132. The Morgan fingerprint density at radius 2 is 2.16 bits per heavy atom. The van der Waals surface area contributed by atoms with Crippen LogP contribution in [0, 0.1) is 5.92 Å². The number of thiol groups is 1. The lowest BCUT2D eigenvalue weighted by Crippen LogP contribution is -2.44. The molecule has 0 aromatic heterocycles. The van der Waals surface area contributed by atoms with Crippen molar-refractivity contribution in [3.05, 3.63) is 35.9 Å². The molecule has 3 nitrogen and oxygen atoms in total. The molecule has 2 atom stereocenters. The second kappa shape index (κ2) is 6.96. The summed E-state index contributed by atoms with van der Waals surface area (Å²) in [6.45, 7) is 1.63. The van der Waals surface area contributed by atoms with E-state index in [1.165, 1.54) is 0 Å². The molecule has 0 bridgehead atoms. The van der Waals surface area contributed by atoms with Crippen LogP contribution in [-0.2, 0) is 11.2 Å². The molecule has 104 valence electrons. The highest BCUT2D eigenvalue weighted by atomic mass is 32.1. The molecule has 0 saturated carbocycles. The average Bonchev–Trinajstić information content (AvgIpc) is 2.47. The van der Waals surface area contributed by atoms with Crippen LogP contribution in [0.1, 0.15) is 18.4 Å². The van der Waals surface area contributed by atoms with Crippen LogP contribution in [0.15, 0.2) is 30.3 Å². The summed E-state index contributed by atoms with van der Waals surface area (Å²) >= 11 is 4.45. The van der Waals surface area contributed by atoms with Crippen LogP contribution < -0.4 is 0 Å². The maximum atomic E-state index is 12.3. The second-order valence-electron chi connectivity index (χ2n) is 5.18. The quantitative estimate of drug-likeness (QED) is 0.825.